The van der Waals surface area contributed by atoms with Crippen LogP contribution in [-0.4, -0.2) is 46.9 Å². The maximum absolute atomic E-state index is 13.3. The molecule has 2 saturated carbocycles. The second kappa shape index (κ2) is 13.8. The lowest BCUT2D eigenvalue weighted by Gasteiger charge is -2.35. The summed E-state index contributed by atoms with van der Waals surface area (Å²) in [5.41, 5.74) is 9.78. The summed E-state index contributed by atoms with van der Waals surface area (Å²) in [6.45, 7) is 16.0. The number of imide groups is 1. The van der Waals surface area contributed by atoms with Gasteiger partial charge in [0.1, 0.15) is 11.8 Å². The van der Waals surface area contributed by atoms with E-state index in [0.29, 0.717) is 30.4 Å². The molecule has 2 aliphatic carbocycles. The Morgan fingerprint density at radius 1 is 0.962 bits per heavy atom. The van der Waals surface area contributed by atoms with Crippen molar-refractivity contribution in [3.8, 4) is 11.1 Å². The van der Waals surface area contributed by atoms with E-state index < -0.39 is 6.04 Å². The van der Waals surface area contributed by atoms with Gasteiger partial charge in [0.2, 0.25) is 11.8 Å². The number of fused-ring (bicyclic) bond motifs is 1. The SMILES string of the molecule is [C-]#[N+]C1(c2ccc(N(CC3CCC(CNc4ccc5c(c4)C(=O)N(C4CCC(=O)NC4=O)C5)CC3)c3cc(-c4c(C)noc4C)ccc3C)cc2)CC1. The van der Waals surface area contributed by atoms with Crippen molar-refractivity contribution in [2.45, 2.75) is 90.3 Å². The third-order valence-corrected chi connectivity index (χ3v) is 12.0. The minimum Gasteiger partial charge on any atom is -0.385 e. The molecule has 8 rings (SSSR count). The number of piperidine rings is 1. The number of hydrogen-bond acceptors (Lipinski definition) is 7. The molecule has 4 aliphatic rings. The molecular formula is C43H46N6O4. The van der Waals surface area contributed by atoms with Crippen molar-refractivity contribution < 1.29 is 18.9 Å². The molecule has 53 heavy (non-hydrogen) atoms. The maximum Gasteiger partial charge on any atom is 0.258 e. The lowest BCUT2D eigenvalue weighted by Crippen LogP contribution is -2.52. The highest BCUT2D eigenvalue weighted by Crippen LogP contribution is 2.50. The van der Waals surface area contributed by atoms with Gasteiger partial charge < -0.3 is 24.5 Å². The summed E-state index contributed by atoms with van der Waals surface area (Å²) in [4.78, 5) is 45.4. The fourth-order valence-corrected chi connectivity index (χ4v) is 8.63. The second-order valence-electron chi connectivity index (χ2n) is 15.5. The highest BCUT2D eigenvalue weighted by Gasteiger charge is 2.52. The first-order chi connectivity index (χ1) is 25.6. The number of benzene rings is 3. The monoisotopic (exact) mass is 710 g/mol. The van der Waals surface area contributed by atoms with E-state index in [1.807, 2.05) is 32.0 Å². The minimum atomic E-state index is -0.607. The van der Waals surface area contributed by atoms with Crippen molar-refractivity contribution in [1.29, 1.82) is 0 Å². The molecule has 3 amide bonds. The largest absolute Gasteiger partial charge is 0.385 e. The van der Waals surface area contributed by atoms with Crippen molar-refractivity contribution in [1.82, 2.24) is 15.4 Å². The highest BCUT2D eigenvalue weighted by molar-refractivity contribution is 6.05. The van der Waals surface area contributed by atoms with E-state index in [-0.39, 0.29) is 29.7 Å². The molecule has 1 aromatic heterocycles. The number of nitrogens with one attached hydrogen (secondary N) is 2. The fraction of sp³-hybridized carbons (Fsp3) is 0.419. The van der Waals surface area contributed by atoms with Gasteiger partial charge >= 0.3 is 0 Å². The number of carbonyl (C=O) groups excluding carboxylic acids is 3. The van der Waals surface area contributed by atoms with Gasteiger partial charge in [0.05, 0.1) is 5.69 Å². The molecule has 10 heteroatoms. The van der Waals surface area contributed by atoms with E-state index in [9.17, 15) is 14.4 Å². The number of aromatic nitrogens is 1. The molecule has 1 unspecified atom stereocenters. The molecule has 272 valence electrons. The first-order valence-corrected chi connectivity index (χ1v) is 18.9. The summed E-state index contributed by atoms with van der Waals surface area (Å²) in [7, 11) is 0. The summed E-state index contributed by atoms with van der Waals surface area (Å²) < 4.78 is 5.53. The van der Waals surface area contributed by atoms with E-state index in [1.165, 1.54) is 11.3 Å². The number of anilines is 3. The molecule has 4 aromatic rings. The molecule has 10 nitrogen and oxygen atoms in total. The normalized spacial score (nSPS) is 21.9. The van der Waals surface area contributed by atoms with Crippen LogP contribution >= 0.6 is 0 Å². The van der Waals surface area contributed by atoms with E-state index >= 15 is 0 Å². The summed E-state index contributed by atoms with van der Waals surface area (Å²) in [6, 6.07) is 20.6. The Hall–Kier alpha value is -5.43. The molecular weight excluding hydrogens is 665 g/mol. The van der Waals surface area contributed by atoms with Crippen LogP contribution in [0.2, 0.25) is 0 Å². The van der Waals surface area contributed by atoms with Gasteiger partial charge in [-0.2, -0.15) is 0 Å². The number of rotatable bonds is 10. The van der Waals surface area contributed by atoms with E-state index in [0.717, 1.165) is 96.7 Å². The predicted molar refractivity (Wildman–Crippen MR) is 204 cm³/mol. The average Bonchev–Trinajstić information content (AvgIpc) is 3.81. The number of nitrogens with zero attached hydrogens (tertiary/aromatic N) is 4. The van der Waals surface area contributed by atoms with Crippen molar-refractivity contribution in [3.05, 3.63) is 106 Å². The van der Waals surface area contributed by atoms with Gasteiger partial charge in [-0.3, -0.25) is 19.7 Å². The number of carbonyl (C=O) groups is 3. The van der Waals surface area contributed by atoms with Gasteiger partial charge in [0.25, 0.3) is 11.4 Å². The zero-order valence-corrected chi connectivity index (χ0v) is 30.7. The van der Waals surface area contributed by atoms with Crippen LogP contribution in [0.15, 0.2) is 65.2 Å². The molecule has 3 heterocycles. The van der Waals surface area contributed by atoms with Gasteiger partial charge in [-0.1, -0.05) is 23.4 Å². The Bertz CT molecular complexity index is 2100. The van der Waals surface area contributed by atoms with Gasteiger partial charge in [-0.25, -0.2) is 6.57 Å². The van der Waals surface area contributed by atoms with Gasteiger partial charge in [0.15, 0.2) is 0 Å². The third-order valence-electron chi connectivity index (χ3n) is 12.0. The van der Waals surface area contributed by atoms with Crippen LogP contribution in [0, 0.1) is 39.2 Å². The Labute approximate surface area is 310 Å². The van der Waals surface area contributed by atoms with Gasteiger partial charge in [-0.15, -0.1) is 0 Å². The van der Waals surface area contributed by atoms with E-state index in [1.54, 1.807) is 4.90 Å². The van der Waals surface area contributed by atoms with Crippen LogP contribution in [0.3, 0.4) is 0 Å². The third kappa shape index (κ3) is 6.69. The maximum atomic E-state index is 13.3. The standard InChI is InChI=1S/C43H46N6O4/c1-26-5-10-31(40-27(2)47-53-28(40)3)21-38(26)48(35-15-12-33(13-16-35)43(44-4)19-20-43)24-30-8-6-29(7-9-30)23-45-34-14-11-32-25-49(42(52)36(32)22-34)37-17-18-39(50)46-41(37)51/h5,10-16,21-22,29-30,37,45H,6-9,17-20,23-25H2,1-3H3,(H,46,50,51). The molecule has 2 N–H and O–H groups in total. The zero-order chi connectivity index (χ0) is 36.9. The lowest BCUT2D eigenvalue weighted by atomic mass is 9.81. The highest BCUT2D eigenvalue weighted by atomic mass is 16.5. The van der Waals surface area contributed by atoms with E-state index in [2.05, 4.69) is 74.9 Å². The summed E-state index contributed by atoms with van der Waals surface area (Å²) in [5.74, 6) is 1.04. The molecule has 0 spiro atoms. The molecule has 1 atom stereocenters. The second-order valence-corrected chi connectivity index (χ2v) is 15.5. The minimum absolute atomic E-state index is 0.149. The van der Waals surface area contributed by atoms with Crippen LogP contribution in [0.1, 0.15) is 89.9 Å². The molecule has 0 bridgehead atoms. The summed E-state index contributed by atoms with van der Waals surface area (Å²) in [6.07, 6.45) is 6.95. The van der Waals surface area contributed by atoms with Crippen LogP contribution in [-0.2, 0) is 21.7 Å². The molecule has 0 radical (unpaired) electrons. The number of hydrogen-bond donors (Lipinski definition) is 2. The van der Waals surface area contributed by atoms with E-state index in [4.69, 9.17) is 11.1 Å². The van der Waals surface area contributed by atoms with Crippen molar-refractivity contribution in [2.24, 2.45) is 11.8 Å². The van der Waals surface area contributed by atoms with Crippen LogP contribution in [0.25, 0.3) is 16.0 Å². The first-order valence-electron chi connectivity index (χ1n) is 18.9. The number of aryl methyl sites for hydroxylation is 3. The Balaban J connectivity index is 0.939. The number of amides is 3. The predicted octanol–water partition coefficient (Wildman–Crippen LogP) is 7.99. The molecule has 3 fully saturated rings. The first kappa shape index (κ1) is 34.6. The molecule has 1 saturated heterocycles. The van der Waals surface area contributed by atoms with Crippen LogP contribution in [0.5, 0.6) is 0 Å². The average molecular weight is 711 g/mol. The quantitative estimate of drug-likeness (QED) is 0.127. The van der Waals surface area contributed by atoms with Gasteiger partial charge in [0, 0.05) is 72.6 Å². The van der Waals surface area contributed by atoms with Crippen LogP contribution in [0.4, 0.5) is 17.1 Å². The summed E-state index contributed by atoms with van der Waals surface area (Å²) in [5, 5.41) is 10.2. The molecule has 2 aliphatic heterocycles. The van der Waals surface area contributed by atoms with Crippen molar-refractivity contribution >= 4 is 34.8 Å². The van der Waals surface area contributed by atoms with Crippen molar-refractivity contribution in [3.63, 3.8) is 0 Å². The van der Waals surface area contributed by atoms with Crippen molar-refractivity contribution in [2.75, 3.05) is 23.3 Å². The van der Waals surface area contributed by atoms with Crippen LogP contribution < -0.4 is 15.5 Å². The topological polar surface area (TPSA) is 112 Å². The molecule has 3 aromatic carbocycles. The Morgan fingerprint density at radius 2 is 1.72 bits per heavy atom. The fourth-order valence-electron chi connectivity index (χ4n) is 8.63. The lowest BCUT2D eigenvalue weighted by molar-refractivity contribution is -0.136. The Kier molecular flexibility index (Phi) is 9.05. The summed E-state index contributed by atoms with van der Waals surface area (Å²) >= 11 is 0. The zero-order valence-electron chi connectivity index (χ0n) is 30.7. The Morgan fingerprint density at radius 3 is 2.40 bits per heavy atom. The smallest absolute Gasteiger partial charge is 0.258 e. The van der Waals surface area contributed by atoms with Gasteiger partial charge in [-0.05, 0) is 124 Å².